The minimum Gasteiger partial charge on any atom is -0.453 e. The van der Waals surface area contributed by atoms with Crippen molar-refractivity contribution in [2.24, 2.45) is 5.92 Å². The Morgan fingerprint density at radius 1 is 0.708 bits per heavy atom. The second kappa shape index (κ2) is 18.8. The number of alkyl carbamates (subject to hydrolysis) is 2. The Balaban J connectivity index is 0.876. The van der Waals surface area contributed by atoms with Crippen LogP contribution in [0, 0.1) is 5.92 Å². The van der Waals surface area contributed by atoms with E-state index >= 15 is 0 Å². The fraction of sp³-hybridized carbons (Fsp3) is 0.320. The highest BCUT2D eigenvalue weighted by atomic mass is 16.5. The Hall–Kier alpha value is -7.26. The molecule has 4 aromatic carbocycles. The lowest BCUT2D eigenvalue weighted by Gasteiger charge is -2.34. The molecule has 4 amide bonds. The van der Waals surface area contributed by atoms with Crippen LogP contribution in [0.2, 0.25) is 0 Å². The molecular weight excluding hydrogens is 825 g/mol. The van der Waals surface area contributed by atoms with Gasteiger partial charge in [-0.1, -0.05) is 91.0 Å². The lowest BCUT2D eigenvalue weighted by molar-refractivity contribution is -0.137. The number of carbonyl (C=O) groups is 4. The van der Waals surface area contributed by atoms with Crippen molar-refractivity contribution in [2.45, 2.75) is 56.3 Å². The number of amides is 4. The summed E-state index contributed by atoms with van der Waals surface area (Å²) in [4.78, 5) is 72.7. The highest BCUT2D eigenvalue weighted by molar-refractivity contribution is 5.91. The van der Waals surface area contributed by atoms with E-state index in [1.807, 2.05) is 29.3 Å². The number of imidazole rings is 2. The van der Waals surface area contributed by atoms with Crippen molar-refractivity contribution >= 4 is 34.8 Å². The van der Waals surface area contributed by atoms with Gasteiger partial charge in [-0.25, -0.2) is 19.6 Å². The SMILES string of the molecule is C=C1CC(c2ncc(-c3ccc(-c4ccc5cc(-c6cnc(C7CCCN7C(=O)C(NC(=O)OC)C7CCOCC7)[nH]6)ccc5c4)cc3)[nH]2)N(C(=O)C(NC(=O)OC)c2ccccc2)C1. The fourth-order valence-corrected chi connectivity index (χ4v) is 9.40. The highest BCUT2D eigenvalue weighted by Gasteiger charge is 2.41. The smallest absolute Gasteiger partial charge is 0.407 e. The van der Waals surface area contributed by atoms with E-state index in [0.717, 1.165) is 68.7 Å². The Morgan fingerprint density at radius 3 is 2.00 bits per heavy atom. The van der Waals surface area contributed by atoms with Gasteiger partial charge in [-0.05, 0) is 83.2 Å². The van der Waals surface area contributed by atoms with Gasteiger partial charge in [0.05, 0.1) is 50.1 Å². The number of rotatable bonds is 11. The zero-order valence-electron chi connectivity index (χ0n) is 36.4. The standard InChI is InChI=1S/C50H52N8O7/c1-30-24-42(58(29-30)48(60)43(55-49(61)63-2)33-8-5-4-6-9-33)46-52-27-39(53-46)32-13-11-31(12-14-32)35-15-16-37-26-38(18-17-36(37)25-35)40-28-51-45(54-40)41-10-7-21-57(41)47(59)44(56-50(62)64-3)34-19-22-65-23-20-34/h4-6,8-9,11-18,25-28,34,41-44H,1,7,10,19-24,29H2,2-3H3,(H,51,54)(H,52,53)(H,55,61)(H,56,62). The molecule has 15 nitrogen and oxygen atoms in total. The van der Waals surface area contributed by atoms with E-state index in [9.17, 15) is 19.2 Å². The molecule has 0 spiro atoms. The summed E-state index contributed by atoms with van der Waals surface area (Å²) in [7, 11) is 2.58. The van der Waals surface area contributed by atoms with E-state index in [0.29, 0.717) is 57.0 Å². The van der Waals surface area contributed by atoms with E-state index in [-0.39, 0.29) is 29.8 Å². The van der Waals surface area contributed by atoms with Crippen LogP contribution < -0.4 is 10.6 Å². The maximum Gasteiger partial charge on any atom is 0.407 e. The predicted molar refractivity (Wildman–Crippen MR) is 244 cm³/mol. The van der Waals surface area contributed by atoms with E-state index in [1.54, 1.807) is 23.2 Å². The zero-order valence-corrected chi connectivity index (χ0v) is 36.4. The number of nitrogens with one attached hydrogen (secondary N) is 4. The van der Waals surface area contributed by atoms with Crippen molar-refractivity contribution in [1.82, 2.24) is 40.4 Å². The summed E-state index contributed by atoms with van der Waals surface area (Å²) < 4.78 is 15.3. The molecule has 5 heterocycles. The van der Waals surface area contributed by atoms with Crippen molar-refractivity contribution < 1.29 is 33.4 Å². The van der Waals surface area contributed by atoms with Gasteiger partial charge >= 0.3 is 12.2 Å². The average Bonchev–Trinajstić information content (AvgIpc) is 4.20. The normalized spacial score (nSPS) is 18.6. The third-order valence-electron chi connectivity index (χ3n) is 12.9. The number of methoxy groups -OCH3 is 2. The van der Waals surface area contributed by atoms with Gasteiger partial charge in [0.2, 0.25) is 5.91 Å². The molecule has 0 bridgehead atoms. The van der Waals surface area contributed by atoms with Crippen LogP contribution in [0.4, 0.5) is 9.59 Å². The Bertz CT molecular complexity index is 2710. The second-order valence-electron chi connectivity index (χ2n) is 16.9. The fourth-order valence-electron chi connectivity index (χ4n) is 9.40. The molecule has 6 aromatic rings. The monoisotopic (exact) mass is 876 g/mol. The van der Waals surface area contributed by atoms with E-state index in [2.05, 4.69) is 87.8 Å². The molecular formula is C50H52N8O7. The van der Waals surface area contributed by atoms with Crippen LogP contribution in [0.15, 0.2) is 116 Å². The second-order valence-corrected chi connectivity index (χ2v) is 16.9. The van der Waals surface area contributed by atoms with Gasteiger partial charge in [-0.2, -0.15) is 0 Å². The molecule has 4 N–H and O–H groups in total. The molecule has 4 unspecified atom stereocenters. The number of hydrogen-bond acceptors (Lipinski definition) is 9. The molecule has 0 saturated carbocycles. The molecule has 3 saturated heterocycles. The summed E-state index contributed by atoms with van der Waals surface area (Å²) in [5, 5.41) is 7.69. The van der Waals surface area contributed by atoms with Crippen molar-refractivity contribution in [2.75, 3.05) is 40.5 Å². The lowest BCUT2D eigenvalue weighted by atomic mass is 9.90. The third-order valence-corrected chi connectivity index (χ3v) is 12.9. The molecule has 0 aliphatic carbocycles. The van der Waals surface area contributed by atoms with E-state index < -0.39 is 24.3 Å². The minimum atomic E-state index is -0.935. The van der Waals surface area contributed by atoms with Gasteiger partial charge in [0, 0.05) is 31.9 Å². The summed E-state index contributed by atoms with van der Waals surface area (Å²) in [6, 6.07) is 27.9. The number of carbonyl (C=O) groups excluding carboxylic acids is 4. The third kappa shape index (κ3) is 9.09. The number of aromatic amines is 2. The zero-order chi connectivity index (χ0) is 45.0. The summed E-state index contributed by atoms with van der Waals surface area (Å²) >= 11 is 0. The Morgan fingerprint density at radius 2 is 1.31 bits per heavy atom. The van der Waals surface area contributed by atoms with Crippen LogP contribution in [0.3, 0.4) is 0 Å². The van der Waals surface area contributed by atoms with Crippen LogP contribution in [0.5, 0.6) is 0 Å². The largest absolute Gasteiger partial charge is 0.453 e. The molecule has 4 atom stereocenters. The number of benzene rings is 4. The van der Waals surface area contributed by atoms with Crippen LogP contribution in [0.25, 0.3) is 44.4 Å². The average molecular weight is 877 g/mol. The van der Waals surface area contributed by atoms with Crippen LogP contribution in [0.1, 0.15) is 67.4 Å². The summed E-state index contributed by atoms with van der Waals surface area (Å²) in [5.41, 5.74) is 7.29. The number of likely N-dealkylation sites (tertiary alicyclic amines) is 2. The van der Waals surface area contributed by atoms with Gasteiger partial charge in [0.25, 0.3) is 5.91 Å². The molecule has 0 radical (unpaired) electrons. The number of nitrogens with zero attached hydrogens (tertiary/aromatic N) is 4. The van der Waals surface area contributed by atoms with Gasteiger partial charge in [0.1, 0.15) is 23.7 Å². The first-order valence-electron chi connectivity index (χ1n) is 22.0. The first-order valence-corrected chi connectivity index (χ1v) is 22.0. The van der Waals surface area contributed by atoms with Crippen molar-refractivity contribution in [1.29, 1.82) is 0 Å². The van der Waals surface area contributed by atoms with Gasteiger partial charge in [-0.15, -0.1) is 0 Å². The van der Waals surface area contributed by atoms with Gasteiger partial charge in [-0.3, -0.25) is 9.59 Å². The molecule has 3 aliphatic heterocycles. The first-order chi connectivity index (χ1) is 31.7. The number of fused-ring (bicyclic) bond motifs is 1. The maximum atomic E-state index is 14.0. The molecule has 15 heteroatoms. The predicted octanol–water partition coefficient (Wildman–Crippen LogP) is 8.03. The van der Waals surface area contributed by atoms with E-state index in [1.165, 1.54) is 14.2 Å². The quantitative estimate of drug-likeness (QED) is 0.0937. The topological polar surface area (TPSA) is 184 Å². The van der Waals surface area contributed by atoms with Crippen LogP contribution in [-0.2, 0) is 23.8 Å². The summed E-state index contributed by atoms with van der Waals surface area (Å²) in [6.07, 6.45) is 5.83. The highest BCUT2D eigenvalue weighted by Crippen LogP contribution is 2.38. The number of ether oxygens (including phenoxy) is 3. The maximum absolute atomic E-state index is 14.0. The number of aromatic nitrogens is 4. The van der Waals surface area contributed by atoms with Crippen LogP contribution in [-0.4, -0.2) is 100 Å². The van der Waals surface area contributed by atoms with Crippen molar-refractivity contribution in [3.63, 3.8) is 0 Å². The first kappa shape index (κ1) is 43.0. The molecule has 65 heavy (non-hydrogen) atoms. The number of hydrogen-bond donors (Lipinski definition) is 4. The van der Waals surface area contributed by atoms with Gasteiger partial charge < -0.3 is 44.6 Å². The molecule has 3 aliphatic rings. The lowest BCUT2D eigenvalue weighted by Crippen LogP contribution is -2.53. The molecule has 2 aromatic heterocycles. The van der Waals surface area contributed by atoms with Crippen molar-refractivity contribution in [3.8, 4) is 33.6 Å². The van der Waals surface area contributed by atoms with Gasteiger partial charge in [0.15, 0.2) is 0 Å². The summed E-state index contributed by atoms with van der Waals surface area (Å²) in [5.74, 6) is 0.939. The number of H-pyrrole nitrogens is 2. The Kier molecular flexibility index (Phi) is 12.5. The minimum absolute atomic E-state index is 0.0334. The van der Waals surface area contributed by atoms with E-state index in [4.69, 9.17) is 24.2 Å². The summed E-state index contributed by atoms with van der Waals surface area (Å²) in [6.45, 7) is 6.22. The molecule has 3 fully saturated rings. The molecule has 334 valence electrons. The Labute approximate surface area is 376 Å². The molecule has 9 rings (SSSR count). The van der Waals surface area contributed by atoms with Crippen LogP contribution >= 0.6 is 0 Å². The van der Waals surface area contributed by atoms with Crippen molar-refractivity contribution in [3.05, 3.63) is 133 Å².